The van der Waals surface area contributed by atoms with E-state index in [9.17, 15) is 5.11 Å². The number of rotatable bonds is 14. The number of aromatic hydroxyl groups is 1. The number of aryl methyl sites for hydroxylation is 2. The number of phenols is 1. The molecule has 0 aliphatic rings. The Hall–Kier alpha value is -1.66. The summed E-state index contributed by atoms with van der Waals surface area (Å²) < 4.78 is 17.9. The first-order chi connectivity index (χ1) is 14.6. The fraction of sp³-hybridized carbons (Fsp3) is 0.520. The van der Waals surface area contributed by atoms with Gasteiger partial charge in [-0.15, -0.1) is 0 Å². The Morgan fingerprint density at radius 2 is 1.40 bits per heavy atom. The molecule has 0 amide bonds. The molecule has 0 atom stereocenters. The Labute approximate surface area is 183 Å². The van der Waals surface area contributed by atoms with Crippen LogP contribution in [0.1, 0.15) is 58.1 Å². The van der Waals surface area contributed by atoms with Crippen molar-refractivity contribution in [3.05, 3.63) is 53.6 Å². The highest BCUT2D eigenvalue weighted by Crippen LogP contribution is 2.30. The highest BCUT2D eigenvalue weighted by molar-refractivity contribution is 6.60. The molecular weight excluding hydrogens is 392 g/mol. The Kier molecular flexibility index (Phi) is 10.6. The molecule has 2 aromatic carbocycles. The Balaban J connectivity index is 2.14. The molecule has 0 bridgehead atoms. The molecule has 0 heterocycles. The van der Waals surface area contributed by atoms with Gasteiger partial charge >= 0.3 is 8.80 Å². The minimum Gasteiger partial charge on any atom is -0.508 e. The zero-order valence-corrected chi connectivity index (χ0v) is 20.1. The summed E-state index contributed by atoms with van der Waals surface area (Å²) in [6, 6.07) is 15.3. The van der Waals surface area contributed by atoms with Gasteiger partial charge in [-0.05, 0) is 80.8 Å². The van der Waals surface area contributed by atoms with E-state index in [0.717, 1.165) is 30.9 Å². The Morgan fingerprint density at radius 1 is 0.767 bits per heavy atom. The van der Waals surface area contributed by atoms with E-state index in [1.807, 2.05) is 32.9 Å². The quantitative estimate of drug-likeness (QED) is 0.353. The average molecular weight is 431 g/mol. The first-order valence-electron chi connectivity index (χ1n) is 11.4. The molecule has 0 aliphatic carbocycles. The van der Waals surface area contributed by atoms with Gasteiger partial charge in [0.1, 0.15) is 5.75 Å². The Bertz CT molecular complexity index is 728. The molecule has 1 N–H and O–H groups in total. The lowest BCUT2D eigenvalue weighted by molar-refractivity contribution is 0.0708. The molecule has 0 saturated carbocycles. The lowest BCUT2D eigenvalue weighted by Gasteiger charge is -2.28. The topological polar surface area (TPSA) is 47.9 Å². The van der Waals surface area contributed by atoms with Crippen LogP contribution in [0, 0.1) is 0 Å². The number of hydrogen-bond donors (Lipinski definition) is 1. The summed E-state index contributed by atoms with van der Waals surface area (Å²) in [6.07, 6.45) is 5.27. The minimum absolute atomic E-state index is 0.302. The van der Waals surface area contributed by atoms with Crippen LogP contribution in [0.4, 0.5) is 0 Å². The van der Waals surface area contributed by atoms with Crippen LogP contribution in [-0.4, -0.2) is 33.7 Å². The maximum atomic E-state index is 10.1. The standard InChI is InChI=1S/C25H38O4Si/c1-5-9-11-21-13-15-22(16-14-21)25-18-17-24(26)20-23(25)12-10-19-30(27-6-2,28-7-3)29-8-4/h13-18,20,26H,5-12,19H2,1-4H3. The predicted octanol–water partition coefficient (Wildman–Crippen LogP) is 6.38. The van der Waals surface area contributed by atoms with E-state index >= 15 is 0 Å². The molecule has 0 fully saturated rings. The van der Waals surface area contributed by atoms with Gasteiger partial charge in [0.2, 0.25) is 0 Å². The van der Waals surface area contributed by atoms with E-state index in [0.29, 0.717) is 25.6 Å². The third-order valence-electron chi connectivity index (χ3n) is 5.19. The SMILES string of the molecule is CCCCc1ccc(-c2ccc(O)cc2CCC[Si](OCC)(OCC)OCC)cc1. The molecule has 2 aromatic rings. The minimum atomic E-state index is -2.64. The van der Waals surface area contributed by atoms with E-state index in [2.05, 4.69) is 31.2 Å². The molecule has 0 radical (unpaired) electrons. The van der Waals surface area contributed by atoms with Gasteiger partial charge in [-0.25, -0.2) is 0 Å². The van der Waals surface area contributed by atoms with Gasteiger partial charge in [-0.1, -0.05) is 43.7 Å². The first kappa shape index (κ1) is 24.6. The summed E-state index contributed by atoms with van der Waals surface area (Å²) >= 11 is 0. The molecule has 5 heteroatoms. The molecule has 0 spiro atoms. The van der Waals surface area contributed by atoms with Gasteiger partial charge in [0.15, 0.2) is 0 Å². The number of phenolic OH excluding ortho intramolecular Hbond substituents is 1. The van der Waals surface area contributed by atoms with Crippen LogP contribution in [0.5, 0.6) is 5.75 Å². The molecule has 166 valence electrons. The summed E-state index contributed by atoms with van der Waals surface area (Å²) in [7, 11) is -2.64. The highest BCUT2D eigenvalue weighted by atomic mass is 28.4. The lowest BCUT2D eigenvalue weighted by Crippen LogP contribution is -2.46. The number of hydrogen-bond acceptors (Lipinski definition) is 4. The second-order valence-electron chi connectivity index (χ2n) is 7.48. The predicted molar refractivity (Wildman–Crippen MR) is 126 cm³/mol. The van der Waals surface area contributed by atoms with Crippen LogP contribution in [-0.2, 0) is 26.1 Å². The van der Waals surface area contributed by atoms with Crippen LogP contribution in [0.2, 0.25) is 6.04 Å². The second-order valence-corrected chi connectivity index (χ2v) is 10.2. The molecule has 0 aliphatic heterocycles. The molecule has 2 rings (SSSR count). The summed E-state index contributed by atoms with van der Waals surface area (Å²) in [6.45, 7) is 9.94. The third-order valence-corrected chi connectivity index (χ3v) is 8.35. The van der Waals surface area contributed by atoms with Gasteiger partial charge in [-0.2, -0.15) is 0 Å². The van der Waals surface area contributed by atoms with Gasteiger partial charge < -0.3 is 18.4 Å². The molecule has 0 unspecified atom stereocenters. The fourth-order valence-corrected chi connectivity index (χ4v) is 6.41. The molecule has 0 saturated heterocycles. The molecule has 30 heavy (non-hydrogen) atoms. The third kappa shape index (κ3) is 7.24. The van der Waals surface area contributed by atoms with Crippen molar-refractivity contribution in [1.82, 2.24) is 0 Å². The molecular formula is C25H38O4Si. The summed E-state index contributed by atoms with van der Waals surface area (Å²) in [5.41, 5.74) is 4.88. The van der Waals surface area contributed by atoms with Crippen molar-refractivity contribution >= 4 is 8.80 Å². The van der Waals surface area contributed by atoms with Gasteiger partial charge in [0.05, 0.1) is 0 Å². The van der Waals surface area contributed by atoms with Crippen molar-refractivity contribution in [3.8, 4) is 16.9 Å². The van der Waals surface area contributed by atoms with E-state index < -0.39 is 8.80 Å². The van der Waals surface area contributed by atoms with Crippen LogP contribution in [0.3, 0.4) is 0 Å². The monoisotopic (exact) mass is 430 g/mol. The zero-order valence-electron chi connectivity index (χ0n) is 19.1. The fourth-order valence-electron chi connectivity index (χ4n) is 3.80. The lowest BCUT2D eigenvalue weighted by atomic mass is 9.95. The van der Waals surface area contributed by atoms with Crippen molar-refractivity contribution in [2.75, 3.05) is 19.8 Å². The second kappa shape index (κ2) is 12.9. The summed E-state index contributed by atoms with van der Waals surface area (Å²) in [4.78, 5) is 0. The van der Waals surface area contributed by atoms with Crippen LogP contribution in [0.15, 0.2) is 42.5 Å². The van der Waals surface area contributed by atoms with Crippen molar-refractivity contribution in [1.29, 1.82) is 0 Å². The van der Waals surface area contributed by atoms with E-state index in [1.165, 1.54) is 29.5 Å². The first-order valence-corrected chi connectivity index (χ1v) is 13.3. The van der Waals surface area contributed by atoms with Crippen molar-refractivity contribution in [2.45, 2.75) is 65.8 Å². The summed E-state index contributed by atoms with van der Waals surface area (Å²) in [5.74, 6) is 0.302. The van der Waals surface area contributed by atoms with E-state index in [-0.39, 0.29) is 0 Å². The van der Waals surface area contributed by atoms with E-state index in [4.69, 9.17) is 13.3 Å². The highest BCUT2D eigenvalue weighted by Gasteiger charge is 2.39. The van der Waals surface area contributed by atoms with Gasteiger partial charge in [-0.3, -0.25) is 0 Å². The summed E-state index contributed by atoms with van der Waals surface area (Å²) in [5, 5.41) is 10.1. The average Bonchev–Trinajstić information content (AvgIpc) is 2.73. The number of benzene rings is 2. The van der Waals surface area contributed by atoms with Crippen LogP contribution < -0.4 is 0 Å². The largest absolute Gasteiger partial charge is 0.508 e. The van der Waals surface area contributed by atoms with Crippen molar-refractivity contribution < 1.29 is 18.4 Å². The molecule has 4 nitrogen and oxygen atoms in total. The van der Waals surface area contributed by atoms with Crippen LogP contribution >= 0.6 is 0 Å². The van der Waals surface area contributed by atoms with E-state index in [1.54, 1.807) is 6.07 Å². The maximum absolute atomic E-state index is 10.1. The van der Waals surface area contributed by atoms with Crippen molar-refractivity contribution in [3.63, 3.8) is 0 Å². The normalized spacial score (nSPS) is 11.7. The van der Waals surface area contributed by atoms with Crippen LogP contribution in [0.25, 0.3) is 11.1 Å². The van der Waals surface area contributed by atoms with Gasteiger partial charge in [0, 0.05) is 25.9 Å². The number of unbranched alkanes of at least 4 members (excludes halogenated alkanes) is 1. The molecule has 0 aromatic heterocycles. The Morgan fingerprint density at radius 3 is 1.97 bits per heavy atom. The zero-order chi connectivity index (χ0) is 21.8. The maximum Gasteiger partial charge on any atom is 0.500 e. The van der Waals surface area contributed by atoms with Gasteiger partial charge in [0.25, 0.3) is 0 Å². The smallest absolute Gasteiger partial charge is 0.500 e. The van der Waals surface area contributed by atoms with Crippen molar-refractivity contribution in [2.24, 2.45) is 0 Å².